The van der Waals surface area contributed by atoms with Crippen molar-refractivity contribution in [2.24, 2.45) is 0 Å². The number of hydrogen-bond acceptors (Lipinski definition) is 6. The zero-order valence-electron chi connectivity index (χ0n) is 16.5. The van der Waals surface area contributed by atoms with E-state index < -0.39 is 10.0 Å². The van der Waals surface area contributed by atoms with E-state index in [9.17, 15) is 13.2 Å². The molecule has 0 aliphatic carbocycles. The molecule has 0 fully saturated rings. The largest absolute Gasteiger partial charge is 0.495 e. The molecule has 0 amide bonds. The Hall–Kier alpha value is -3.17. The van der Waals surface area contributed by atoms with Gasteiger partial charge in [0.05, 0.1) is 12.8 Å². The molecule has 0 atom stereocenters. The van der Waals surface area contributed by atoms with Crippen molar-refractivity contribution in [3.8, 4) is 17.0 Å². The number of hydrogen-bond donors (Lipinski definition) is 1. The second-order valence-corrected chi connectivity index (χ2v) is 9.30. The molecular formula is C21H19N3O4S2. The second kappa shape index (κ2) is 7.58. The number of benzene rings is 2. The second-order valence-electron chi connectivity index (χ2n) is 6.81. The van der Waals surface area contributed by atoms with Gasteiger partial charge in [0.1, 0.15) is 10.6 Å². The fourth-order valence-electron chi connectivity index (χ4n) is 3.15. The minimum absolute atomic E-state index is 0.0662. The minimum Gasteiger partial charge on any atom is -0.495 e. The zero-order valence-corrected chi connectivity index (χ0v) is 18.2. The van der Waals surface area contributed by atoms with Crippen molar-refractivity contribution in [1.82, 2.24) is 9.38 Å². The van der Waals surface area contributed by atoms with E-state index in [1.54, 1.807) is 47.7 Å². The van der Waals surface area contributed by atoms with Gasteiger partial charge in [-0.15, -0.1) is 11.3 Å². The van der Waals surface area contributed by atoms with Gasteiger partial charge in [-0.2, -0.15) is 0 Å². The summed E-state index contributed by atoms with van der Waals surface area (Å²) in [7, 11) is -2.39. The van der Waals surface area contributed by atoms with Crippen LogP contribution in [0.15, 0.2) is 63.6 Å². The van der Waals surface area contributed by atoms with Crippen molar-refractivity contribution in [2.45, 2.75) is 18.7 Å². The van der Waals surface area contributed by atoms with Crippen LogP contribution >= 0.6 is 11.3 Å². The number of aryl methyl sites for hydroxylation is 2. The molecule has 0 spiro atoms. The molecule has 30 heavy (non-hydrogen) atoms. The van der Waals surface area contributed by atoms with E-state index in [2.05, 4.69) is 9.71 Å². The molecule has 0 aliphatic rings. The Morgan fingerprint density at radius 3 is 2.50 bits per heavy atom. The van der Waals surface area contributed by atoms with Crippen LogP contribution in [0.4, 0.5) is 5.69 Å². The number of anilines is 1. The predicted octanol–water partition coefficient (Wildman–Crippen LogP) is 3.85. The van der Waals surface area contributed by atoms with Crippen molar-refractivity contribution in [3.63, 3.8) is 0 Å². The molecular weight excluding hydrogens is 422 g/mol. The van der Waals surface area contributed by atoms with Crippen molar-refractivity contribution >= 4 is 32.0 Å². The number of rotatable bonds is 5. The van der Waals surface area contributed by atoms with Crippen molar-refractivity contribution in [2.75, 3.05) is 11.8 Å². The molecule has 0 saturated heterocycles. The number of ether oxygens (including phenoxy) is 1. The van der Waals surface area contributed by atoms with Crippen LogP contribution in [0.5, 0.6) is 5.75 Å². The van der Waals surface area contributed by atoms with Gasteiger partial charge >= 0.3 is 0 Å². The highest BCUT2D eigenvalue weighted by atomic mass is 32.2. The van der Waals surface area contributed by atoms with Crippen LogP contribution in [0.2, 0.25) is 0 Å². The number of aromatic nitrogens is 2. The summed E-state index contributed by atoms with van der Waals surface area (Å²) in [4.78, 5) is 17.4. The molecule has 1 N–H and O–H groups in total. The first kappa shape index (κ1) is 20.1. The Morgan fingerprint density at radius 1 is 1.07 bits per heavy atom. The summed E-state index contributed by atoms with van der Waals surface area (Å²) in [6.45, 7) is 3.64. The van der Waals surface area contributed by atoms with Gasteiger partial charge < -0.3 is 4.74 Å². The summed E-state index contributed by atoms with van der Waals surface area (Å²) < 4.78 is 35.0. The summed E-state index contributed by atoms with van der Waals surface area (Å²) in [5.74, 6) is 0.283. The molecule has 4 aromatic rings. The van der Waals surface area contributed by atoms with Crippen molar-refractivity contribution in [3.05, 3.63) is 75.5 Å². The Morgan fingerprint density at radius 2 is 1.80 bits per heavy atom. The first-order valence-corrected chi connectivity index (χ1v) is 11.4. The van der Waals surface area contributed by atoms with E-state index in [1.807, 2.05) is 12.3 Å². The van der Waals surface area contributed by atoms with Gasteiger partial charge in [-0.3, -0.25) is 13.9 Å². The Balaban J connectivity index is 1.66. The molecule has 0 saturated carbocycles. The molecule has 0 aliphatic heterocycles. The molecule has 154 valence electrons. The highest BCUT2D eigenvalue weighted by Gasteiger charge is 2.20. The van der Waals surface area contributed by atoms with Gasteiger partial charge in [0.15, 0.2) is 4.96 Å². The zero-order chi connectivity index (χ0) is 21.5. The van der Waals surface area contributed by atoms with E-state index in [0.717, 1.165) is 11.1 Å². The number of nitrogens with one attached hydrogen (secondary N) is 1. The average Bonchev–Trinajstić information content (AvgIpc) is 3.12. The van der Waals surface area contributed by atoms with Crippen molar-refractivity contribution in [1.29, 1.82) is 0 Å². The first-order valence-electron chi connectivity index (χ1n) is 9.04. The smallest absolute Gasteiger partial charge is 0.265 e. The SMILES string of the molecule is COc1cc(C)ccc1S(=O)(=O)Nc1ccc(-c2csc3nc(C)cc(=O)n23)cc1. The third-order valence-electron chi connectivity index (χ3n) is 4.57. The number of methoxy groups -OCH3 is 1. The lowest BCUT2D eigenvalue weighted by molar-refractivity contribution is 0.402. The highest BCUT2D eigenvalue weighted by Crippen LogP contribution is 2.29. The van der Waals surface area contributed by atoms with Gasteiger partial charge in [0.25, 0.3) is 15.6 Å². The summed E-state index contributed by atoms with van der Waals surface area (Å²) >= 11 is 1.38. The number of thiazole rings is 1. The quantitative estimate of drug-likeness (QED) is 0.508. The number of fused-ring (bicyclic) bond motifs is 1. The first-order chi connectivity index (χ1) is 14.3. The fourth-order valence-corrected chi connectivity index (χ4v) is 5.31. The number of sulfonamides is 1. The van der Waals surface area contributed by atoms with Crippen LogP contribution in [0.1, 0.15) is 11.3 Å². The van der Waals surface area contributed by atoms with Gasteiger partial charge in [0.2, 0.25) is 0 Å². The molecule has 2 aromatic heterocycles. The molecule has 2 heterocycles. The fraction of sp³-hybridized carbons (Fsp3) is 0.143. The van der Waals surface area contributed by atoms with E-state index >= 15 is 0 Å². The van der Waals surface area contributed by atoms with Crippen LogP contribution < -0.4 is 15.0 Å². The van der Waals surface area contributed by atoms with Crippen LogP contribution in [0.25, 0.3) is 16.2 Å². The topological polar surface area (TPSA) is 89.8 Å². The third-order valence-corrected chi connectivity index (χ3v) is 6.82. The predicted molar refractivity (Wildman–Crippen MR) is 118 cm³/mol. The van der Waals surface area contributed by atoms with E-state index in [1.165, 1.54) is 30.6 Å². The Labute approximate surface area is 177 Å². The molecule has 0 bridgehead atoms. The summed E-state index contributed by atoms with van der Waals surface area (Å²) in [6.07, 6.45) is 0. The van der Waals surface area contributed by atoms with Gasteiger partial charge in [-0.1, -0.05) is 18.2 Å². The highest BCUT2D eigenvalue weighted by molar-refractivity contribution is 7.92. The lowest BCUT2D eigenvalue weighted by Crippen LogP contribution is -2.14. The molecule has 7 nitrogen and oxygen atoms in total. The average molecular weight is 442 g/mol. The monoisotopic (exact) mass is 441 g/mol. The number of nitrogens with zero attached hydrogens (tertiary/aromatic N) is 2. The van der Waals surface area contributed by atoms with E-state index in [-0.39, 0.29) is 16.2 Å². The lowest BCUT2D eigenvalue weighted by Gasteiger charge is -2.12. The minimum atomic E-state index is -3.82. The summed E-state index contributed by atoms with van der Waals surface area (Å²) in [5, 5.41) is 1.86. The van der Waals surface area contributed by atoms with Crippen LogP contribution in [0.3, 0.4) is 0 Å². The Kier molecular flexibility index (Phi) is 5.08. The van der Waals surface area contributed by atoms with E-state index in [0.29, 0.717) is 22.0 Å². The normalized spacial score (nSPS) is 11.6. The van der Waals surface area contributed by atoms with Gasteiger partial charge in [-0.05, 0) is 49.2 Å². The maximum Gasteiger partial charge on any atom is 0.265 e. The van der Waals surface area contributed by atoms with Crippen LogP contribution in [-0.4, -0.2) is 24.9 Å². The molecule has 0 unspecified atom stereocenters. The Bertz CT molecular complexity index is 1400. The van der Waals surface area contributed by atoms with Gasteiger partial charge in [-0.25, -0.2) is 13.4 Å². The van der Waals surface area contributed by atoms with E-state index in [4.69, 9.17) is 4.74 Å². The summed E-state index contributed by atoms with van der Waals surface area (Å²) in [5.41, 5.74) is 3.32. The third kappa shape index (κ3) is 3.69. The van der Waals surface area contributed by atoms with Gasteiger partial charge in [0, 0.05) is 22.8 Å². The lowest BCUT2D eigenvalue weighted by atomic mass is 10.1. The molecule has 2 aromatic carbocycles. The molecule has 9 heteroatoms. The molecule has 4 rings (SSSR count). The molecule has 0 radical (unpaired) electrons. The standard InChI is InChI=1S/C21H19N3O4S2/c1-13-4-9-19(18(10-13)28-3)30(26,27)23-16-7-5-15(6-8-16)17-12-29-21-22-14(2)11-20(25)24(17)21/h4-12,23H,1-3H3. The van der Waals surface area contributed by atoms with Crippen LogP contribution in [0, 0.1) is 13.8 Å². The summed E-state index contributed by atoms with van der Waals surface area (Å²) in [6, 6.07) is 13.2. The van der Waals surface area contributed by atoms with Crippen LogP contribution in [-0.2, 0) is 10.0 Å². The maximum atomic E-state index is 12.8. The maximum absolute atomic E-state index is 12.8. The van der Waals surface area contributed by atoms with Crippen molar-refractivity contribution < 1.29 is 13.2 Å².